The van der Waals surface area contributed by atoms with E-state index in [-0.39, 0.29) is 5.91 Å². The molecule has 21 heavy (non-hydrogen) atoms. The van der Waals surface area contributed by atoms with Crippen molar-refractivity contribution in [1.82, 2.24) is 9.88 Å². The van der Waals surface area contributed by atoms with E-state index in [1.54, 1.807) is 24.0 Å². The van der Waals surface area contributed by atoms with E-state index < -0.39 is 12.1 Å². The zero-order valence-electron chi connectivity index (χ0n) is 12.4. The topological polar surface area (TPSA) is 79.7 Å². The summed E-state index contributed by atoms with van der Waals surface area (Å²) in [7, 11) is 0. The van der Waals surface area contributed by atoms with Crippen LogP contribution in [0.2, 0.25) is 0 Å². The van der Waals surface area contributed by atoms with E-state index in [0.29, 0.717) is 24.5 Å². The van der Waals surface area contributed by atoms with Gasteiger partial charge >= 0.3 is 5.97 Å². The average Bonchev–Trinajstić information content (AvgIpc) is 2.47. The van der Waals surface area contributed by atoms with Gasteiger partial charge in [0.2, 0.25) is 0 Å². The normalized spacial score (nSPS) is 12.1. The van der Waals surface area contributed by atoms with Crippen LogP contribution in [0.1, 0.15) is 26.5 Å². The van der Waals surface area contributed by atoms with E-state index >= 15 is 0 Å². The number of carbonyl (C=O) groups is 2. The highest BCUT2D eigenvalue weighted by Crippen LogP contribution is 2.13. The molecule has 0 aliphatic carbocycles. The van der Waals surface area contributed by atoms with Crippen LogP contribution in [-0.2, 0) is 9.59 Å². The molecule has 1 unspecified atom stereocenters. The molecule has 1 atom stereocenters. The third-order valence-electron chi connectivity index (χ3n) is 2.89. The van der Waals surface area contributed by atoms with Crippen molar-refractivity contribution in [3.63, 3.8) is 0 Å². The van der Waals surface area contributed by atoms with Gasteiger partial charge in [-0.2, -0.15) is 0 Å². The monoisotopic (exact) mass is 292 g/mol. The molecule has 1 heterocycles. The highest BCUT2D eigenvalue weighted by molar-refractivity contribution is 5.84. The van der Waals surface area contributed by atoms with Crippen molar-refractivity contribution in [3.8, 4) is 5.75 Å². The van der Waals surface area contributed by atoms with Crippen molar-refractivity contribution in [3.05, 3.63) is 30.1 Å². The molecule has 0 fully saturated rings. The molecular weight excluding hydrogens is 272 g/mol. The second kappa shape index (κ2) is 8.04. The van der Waals surface area contributed by atoms with Gasteiger partial charge in [0.1, 0.15) is 5.75 Å². The van der Waals surface area contributed by atoms with Gasteiger partial charge in [-0.05, 0) is 39.0 Å². The molecule has 1 amide bonds. The minimum atomic E-state index is -1.03. The molecule has 0 aromatic carbocycles. The predicted molar refractivity (Wildman–Crippen MR) is 78.9 cm³/mol. The van der Waals surface area contributed by atoms with Crippen molar-refractivity contribution >= 4 is 18.0 Å². The van der Waals surface area contributed by atoms with Crippen LogP contribution >= 0.6 is 0 Å². The number of aliphatic carboxylic acids is 1. The molecule has 1 aromatic rings. The number of hydrogen-bond donors (Lipinski definition) is 1. The van der Waals surface area contributed by atoms with Crippen LogP contribution in [0.15, 0.2) is 24.4 Å². The third-order valence-corrected chi connectivity index (χ3v) is 2.89. The molecule has 1 N–H and O–H groups in total. The lowest BCUT2D eigenvalue weighted by atomic mass is 10.3. The smallest absolute Gasteiger partial charge is 0.328 e. The van der Waals surface area contributed by atoms with Gasteiger partial charge in [-0.1, -0.05) is 0 Å². The second-order valence-corrected chi connectivity index (χ2v) is 4.36. The number of ether oxygens (including phenoxy) is 1. The zero-order valence-corrected chi connectivity index (χ0v) is 12.4. The fourth-order valence-corrected chi connectivity index (χ4v) is 1.76. The number of carbonyl (C=O) groups excluding carboxylic acids is 1. The Hall–Kier alpha value is -2.37. The maximum atomic E-state index is 12.1. The first-order valence-electron chi connectivity index (χ1n) is 6.80. The van der Waals surface area contributed by atoms with E-state index in [1.807, 2.05) is 13.8 Å². The summed E-state index contributed by atoms with van der Waals surface area (Å²) in [5.41, 5.74) is 0.507. The van der Waals surface area contributed by atoms with Gasteiger partial charge in [-0.15, -0.1) is 0 Å². The number of pyridine rings is 1. The standard InChI is InChI=1S/C15H20N2O4/c1-4-17(5-2)15(20)11(3)21-13-8-6-12(16-10-13)7-9-14(18)19/h6-11H,4-5H2,1-3H3,(H,18,19). The van der Waals surface area contributed by atoms with Crippen LogP contribution in [0.3, 0.4) is 0 Å². The average molecular weight is 292 g/mol. The highest BCUT2D eigenvalue weighted by atomic mass is 16.5. The summed E-state index contributed by atoms with van der Waals surface area (Å²) in [4.78, 5) is 28.2. The largest absolute Gasteiger partial charge is 0.479 e. The summed E-state index contributed by atoms with van der Waals surface area (Å²) in [6, 6.07) is 3.28. The lowest BCUT2D eigenvalue weighted by molar-refractivity contribution is -0.137. The Bertz CT molecular complexity index is 507. The Kier molecular flexibility index (Phi) is 6.39. The van der Waals surface area contributed by atoms with Crippen molar-refractivity contribution < 1.29 is 19.4 Å². The van der Waals surface area contributed by atoms with E-state index in [4.69, 9.17) is 9.84 Å². The molecule has 0 saturated heterocycles. The van der Waals surface area contributed by atoms with Crippen LogP contribution in [0.5, 0.6) is 5.75 Å². The fourth-order valence-electron chi connectivity index (χ4n) is 1.76. The maximum Gasteiger partial charge on any atom is 0.328 e. The number of likely N-dealkylation sites (N-methyl/N-ethyl adjacent to an activating group) is 1. The fraction of sp³-hybridized carbons (Fsp3) is 0.400. The first-order chi connectivity index (χ1) is 9.97. The molecule has 114 valence electrons. The third kappa shape index (κ3) is 5.25. The first kappa shape index (κ1) is 16.7. The van der Waals surface area contributed by atoms with Gasteiger partial charge < -0.3 is 14.7 Å². The van der Waals surface area contributed by atoms with Crippen molar-refractivity contribution in [2.45, 2.75) is 26.9 Å². The number of carboxylic acids is 1. The number of nitrogens with zero attached hydrogens (tertiary/aromatic N) is 2. The first-order valence-corrected chi connectivity index (χ1v) is 6.80. The Morgan fingerprint density at radius 1 is 1.38 bits per heavy atom. The van der Waals surface area contributed by atoms with Crippen molar-refractivity contribution in [2.24, 2.45) is 0 Å². The number of hydrogen-bond acceptors (Lipinski definition) is 4. The number of carboxylic acid groups (broad SMARTS) is 1. The Balaban J connectivity index is 2.67. The van der Waals surface area contributed by atoms with Gasteiger partial charge in [0.15, 0.2) is 6.10 Å². The predicted octanol–water partition coefficient (Wildman–Crippen LogP) is 1.82. The Labute approximate surface area is 124 Å². The molecule has 6 nitrogen and oxygen atoms in total. The molecule has 1 rings (SSSR count). The SMILES string of the molecule is CCN(CC)C(=O)C(C)Oc1ccc(C=CC(=O)O)nc1. The zero-order chi connectivity index (χ0) is 15.8. The van der Waals surface area contributed by atoms with Crippen molar-refractivity contribution in [1.29, 1.82) is 0 Å². The van der Waals surface area contributed by atoms with E-state index in [0.717, 1.165) is 6.08 Å². The summed E-state index contributed by atoms with van der Waals surface area (Å²) < 4.78 is 5.55. The molecular formula is C15H20N2O4. The summed E-state index contributed by atoms with van der Waals surface area (Å²) in [6.07, 6.45) is 3.27. The van der Waals surface area contributed by atoms with Gasteiger partial charge in [0, 0.05) is 19.2 Å². The molecule has 0 bridgehead atoms. The minimum Gasteiger partial charge on any atom is -0.479 e. The second-order valence-electron chi connectivity index (χ2n) is 4.36. The molecule has 0 saturated carbocycles. The van der Waals surface area contributed by atoms with Crippen LogP contribution in [-0.4, -0.2) is 46.1 Å². The van der Waals surface area contributed by atoms with Gasteiger partial charge in [0.25, 0.3) is 5.91 Å². The maximum absolute atomic E-state index is 12.1. The van der Waals surface area contributed by atoms with Crippen molar-refractivity contribution in [2.75, 3.05) is 13.1 Å². The van der Waals surface area contributed by atoms with E-state index in [1.165, 1.54) is 12.3 Å². The van der Waals surface area contributed by atoms with Crippen LogP contribution < -0.4 is 4.74 Å². The summed E-state index contributed by atoms with van der Waals surface area (Å²) in [5.74, 6) is -0.638. The van der Waals surface area contributed by atoms with E-state index in [9.17, 15) is 9.59 Å². The Morgan fingerprint density at radius 3 is 2.52 bits per heavy atom. The molecule has 0 aliphatic rings. The number of rotatable bonds is 7. The molecule has 1 aromatic heterocycles. The minimum absolute atomic E-state index is 0.0742. The number of amides is 1. The number of aromatic nitrogens is 1. The quantitative estimate of drug-likeness (QED) is 0.775. The molecule has 0 spiro atoms. The van der Waals surface area contributed by atoms with Crippen LogP contribution in [0.25, 0.3) is 6.08 Å². The van der Waals surface area contributed by atoms with Crippen LogP contribution in [0, 0.1) is 0 Å². The van der Waals surface area contributed by atoms with E-state index in [2.05, 4.69) is 4.98 Å². The lowest BCUT2D eigenvalue weighted by Crippen LogP contribution is -2.40. The van der Waals surface area contributed by atoms with Crippen LogP contribution in [0.4, 0.5) is 0 Å². The molecule has 0 aliphatic heterocycles. The molecule has 0 radical (unpaired) electrons. The van der Waals surface area contributed by atoms with Gasteiger partial charge in [0.05, 0.1) is 11.9 Å². The van der Waals surface area contributed by atoms with Gasteiger partial charge in [-0.25, -0.2) is 4.79 Å². The lowest BCUT2D eigenvalue weighted by Gasteiger charge is -2.23. The van der Waals surface area contributed by atoms with Gasteiger partial charge in [-0.3, -0.25) is 9.78 Å². The Morgan fingerprint density at radius 2 is 2.05 bits per heavy atom. The summed E-state index contributed by atoms with van der Waals surface area (Å²) in [6.45, 7) is 6.80. The summed E-state index contributed by atoms with van der Waals surface area (Å²) >= 11 is 0. The highest BCUT2D eigenvalue weighted by Gasteiger charge is 2.19. The molecule has 6 heteroatoms. The summed E-state index contributed by atoms with van der Waals surface area (Å²) in [5, 5.41) is 8.53.